The summed E-state index contributed by atoms with van der Waals surface area (Å²) >= 11 is 0. The largest absolute Gasteiger partial charge is 0.493 e. The van der Waals surface area contributed by atoms with Gasteiger partial charge in [-0.05, 0) is 31.0 Å². The van der Waals surface area contributed by atoms with Gasteiger partial charge in [-0.2, -0.15) is 0 Å². The van der Waals surface area contributed by atoms with E-state index in [4.69, 9.17) is 9.47 Å². The number of allylic oxidation sites excluding steroid dienone is 2. The normalized spacial score (nSPS) is 12.9. The molecule has 0 aliphatic heterocycles. The molecule has 7 nitrogen and oxygen atoms in total. The maximum Gasteiger partial charge on any atom is 0.255 e. The third-order valence-corrected chi connectivity index (χ3v) is 5.08. The SMILES string of the molecule is CNc1nc(-c2cccc(NC(=O)C3=CCCC=C3)c2)c2cc(OC)c(OC)cc2n1. The predicted octanol–water partition coefficient (Wildman–Crippen LogP) is 4.57. The van der Waals surface area contributed by atoms with Crippen LogP contribution in [-0.4, -0.2) is 37.1 Å². The molecule has 2 N–H and O–H groups in total. The van der Waals surface area contributed by atoms with Gasteiger partial charge in [-0.3, -0.25) is 4.79 Å². The molecule has 0 saturated carbocycles. The topological polar surface area (TPSA) is 85.4 Å². The summed E-state index contributed by atoms with van der Waals surface area (Å²) in [6.07, 6.45) is 7.67. The summed E-state index contributed by atoms with van der Waals surface area (Å²) < 4.78 is 10.9. The molecule has 2 aromatic carbocycles. The van der Waals surface area contributed by atoms with Gasteiger partial charge in [0.15, 0.2) is 11.5 Å². The average molecular weight is 416 g/mol. The summed E-state index contributed by atoms with van der Waals surface area (Å²) in [7, 11) is 4.96. The first-order chi connectivity index (χ1) is 15.1. The van der Waals surface area contributed by atoms with E-state index in [9.17, 15) is 4.79 Å². The fraction of sp³-hybridized carbons (Fsp3) is 0.208. The van der Waals surface area contributed by atoms with Crippen LogP contribution in [0.5, 0.6) is 11.5 Å². The molecular formula is C24H24N4O3. The zero-order chi connectivity index (χ0) is 21.8. The Labute approximate surface area is 180 Å². The maximum atomic E-state index is 12.6. The standard InChI is InChI=1S/C24H24N4O3/c1-25-24-27-19-14-21(31-3)20(30-2)13-18(19)22(28-24)16-10-7-11-17(12-16)26-23(29)15-8-5-4-6-9-15/h5,7-14H,4,6H2,1-3H3,(H,26,29)(H,25,27,28). The highest BCUT2D eigenvalue weighted by molar-refractivity contribution is 6.06. The number of anilines is 2. The lowest BCUT2D eigenvalue weighted by Gasteiger charge is -2.14. The van der Waals surface area contributed by atoms with Crippen LogP contribution in [0, 0.1) is 0 Å². The molecule has 158 valence electrons. The Kier molecular flexibility index (Phi) is 5.84. The molecule has 1 heterocycles. The predicted molar refractivity (Wildman–Crippen MR) is 123 cm³/mol. The Morgan fingerprint density at radius 2 is 1.84 bits per heavy atom. The van der Waals surface area contributed by atoms with Crippen molar-refractivity contribution in [1.29, 1.82) is 0 Å². The van der Waals surface area contributed by atoms with Gasteiger partial charge in [-0.25, -0.2) is 9.97 Å². The van der Waals surface area contributed by atoms with Crippen molar-refractivity contribution in [3.05, 3.63) is 60.2 Å². The number of nitrogens with one attached hydrogen (secondary N) is 2. The minimum Gasteiger partial charge on any atom is -0.493 e. The van der Waals surface area contributed by atoms with Gasteiger partial charge >= 0.3 is 0 Å². The quantitative estimate of drug-likeness (QED) is 0.612. The van der Waals surface area contributed by atoms with E-state index in [0.717, 1.165) is 35.0 Å². The van der Waals surface area contributed by atoms with Crippen molar-refractivity contribution >= 4 is 28.4 Å². The summed E-state index contributed by atoms with van der Waals surface area (Å²) in [5, 5.41) is 6.80. The molecular weight excluding hydrogens is 392 g/mol. The van der Waals surface area contributed by atoms with Crippen LogP contribution in [0.3, 0.4) is 0 Å². The molecule has 0 saturated heterocycles. The highest BCUT2D eigenvalue weighted by Gasteiger charge is 2.15. The number of carbonyl (C=O) groups is 1. The van der Waals surface area contributed by atoms with Gasteiger partial charge < -0.3 is 20.1 Å². The molecule has 1 aliphatic rings. The fourth-order valence-electron chi connectivity index (χ4n) is 3.52. The summed E-state index contributed by atoms with van der Waals surface area (Å²) in [4.78, 5) is 21.8. The van der Waals surface area contributed by atoms with Crippen LogP contribution in [0.25, 0.3) is 22.2 Å². The average Bonchev–Trinajstić information content (AvgIpc) is 2.83. The number of hydrogen-bond donors (Lipinski definition) is 2. The van der Waals surface area contributed by atoms with Crippen molar-refractivity contribution in [3.8, 4) is 22.8 Å². The van der Waals surface area contributed by atoms with Crippen molar-refractivity contribution in [3.63, 3.8) is 0 Å². The van der Waals surface area contributed by atoms with Crippen molar-refractivity contribution in [2.24, 2.45) is 0 Å². The summed E-state index contributed by atoms with van der Waals surface area (Å²) in [5.74, 6) is 1.55. The number of methoxy groups -OCH3 is 2. The van der Waals surface area contributed by atoms with Crippen LogP contribution in [0.1, 0.15) is 12.8 Å². The van der Waals surface area contributed by atoms with Crippen molar-refractivity contribution in [1.82, 2.24) is 9.97 Å². The first-order valence-electron chi connectivity index (χ1n) is 10.0. The van der Waals surface area contributed by atoms with Crippen LogP contribution in [0.4, 0.5) is 11.6 Å². The highest BCUT2D eigenvalue weighted by atomic mass is 16.5. The molecule has 0 unspecified atom stereocenters. The van der Waals surface area contributed by atoms with Crippen molar-refractivity contribution in [2.45, 2.75) is 12.8 Å². The third kappa shape index (κ3) is 4.21. The Morgan fingerprint density at radius 3 is 2.55 bits per heavy atom. The molecule has 1 aliphatic carbocycles. The molecule has 0 bridgehead atoms. The van der Waals surface area contributed by atoms with Crippen LogP contribution in [0.15, 0.2) is 60.2 Å². The number of ether oxygens (including phenoxy) is 2. The van der Waals surface area contributed by atoms with Crippen molar-refractivity contribution in [2.75, 3.05) is 31.9 Å². The monoisotopic (exact) mass is 416 g/mol. The molecule has 7 heteroatoms. The van der Waals surface area contributed by atoms with E-state index in [1.54, 1.807) is 21.3 Å². The van der Waals surface area contributed by atoms with Gasteiger partial charge in [0, 0.05) is 35.3 Å². The molecule has 1 aromatic heterocycles. The number of amides is 1. The minimum absolute atomic E-state index is 0.122. The van der Waals surface area contributed by atoms with E-state index in [1.807, 2.05) is 54.6 Å². The molecule has 1 amide bonds. The number of carbonyl (C=O) groups excluding carboxylic acids is 1. The van der Waals surface area contributed by atoms with Crippen LogP contribution in [0.2, 0.25) is 0 Å². The lowest BCUT2D eigenvalue weighted by Crippen LogP contribution is -2.14. The number of rotatable bonds is 6. The maximum absolute atomic E-state index is 12.6. The van der Waals surface area contributed by atoms with Crippen LogP contribution >= 0.6 is 0 Å². The Balaban J connectivity index is 1.77. The van der Waals surface area contributed by atoms with E-state index in [-0.39, 0.29) is 5.91 Å². The van der Waals surface area contributed by atoms with E-state index in [0.29, 0.717) is 28.7 Å². The van der Waals surface area contributed by atoms with E-state index in [2.05, 4.69) is 20.6 Å². The summed E-state index contributed by atoms with van der Waals surface area (Å²) in [6, 6.07) is 11.3. The fourth-order valence-corrected chi connectivity index (χ4v) is 3.52. The van der Waals surface area contributed by atoms with Gasteiger partial charge in [0.1, 0.15) is 0 Å². The molecule has 0 spiro atoms. The lowest BCUT2D eigenvalue weighted by atomic mass is 10.0. The van der Waals surface area contributed by atoms with E-state index < -0.39 is 0 Å². The smallest absolute Gasteiger partial charge is 0.255 e. The van der Waals surface area contributed by atoms with E-state index >= 15 is 0 Å². The molecule has 0 fully saturated rings. The van der Waals surface area contributed by atoms with Gasteiger partial charge in [0.2, 0.25) is 5.95 Å². The van der Waals surface area contributed by atoms with Crippen LogP contribution < -0.4 is 20.1 Å². The minimum atomic E-state index is -0.122. The number of benzene rings is 2. The highest BCUT2D eigenvalue weighted by Crippen LogP contribution is 2.36. The Hall–Kier alpha value is -3.87. The number of fused-ring (bicyclic) bond motifs is 1. The second-order valence-electron chi connectivity index (χ2n) is 7.04. The second kappa shape index (κ2) is 8.87. The number of hydrogen-bond acceptors (Lipinski definition) is 6. The molecule has 3 aromatic rings. The van der Waals surface area contributed by atoms with Gasteiger partial charge in [-0.15, -0.1) is 0 Å². The molecule has 4 rings (SSSR count). The lowest BCUT2D eigenvalue weighted by molar-refractivity contribution is -0.112. The van der Waals surface area contributed by atoms with E-state index in [1.165, 1.54) is 0 Å². The molecule has 0 radical (unpaired) electrons. The molecule has 31 heavy (non-hydrogen) atoms. The number of aromatic nitrogens is 2. The zero-order valence-electron chi connectivity index (χ0n) is 17.7. The Bertz CT molecular complexity index is 1200. The summed E-state index contributed by atoms with van der Waals surface area (Å²) in [5.41, 5.74) is 3.67. The third-order valence-electron chi connectivity index (χ3n) is 5.08. The van der Waals surface area contributed by atoms with Crippen molar-refractivity contribution < 1.29 is 14.3 Å². The van der Waals surface area contributed by atoms with Crippen LogP contribution in [-0.2, 0) is 4.79 Å². The first kappa shape index (κ1) is 20.4. The first-order valence-corrected chi connectivity index (χ1v) is 10.0. The zero-order valence-corrected chi connectivity index (χ0v) is 17.7. The van der Waals surface area contributed by atoms with Gasteiger partial charge in [0.25, 0.3) is 5.91 Å². The van der Waals surface area contributed by atoms with Gasteiger partial charge in [0.05, 0.1) is 25.4 Å². The van der Waals surface area contributed by atoms with Gasteiger partial charge in [-0.1, -0.05) is 30.4 Å². The molecule has 0 atom stereocenters. The number of nitrogens with zero attached hydrogens (tertiary/aromatic N) is 2. The summed E-state index contributed by atoms with van der Waals surface area (Å²) in [6.45, 7) is 0. The second-order valence-corrected chi connectivity index (χ2v) is 7.04. The Morgan fingerprint density at radius 1 is 1.03 bits per heavy atom.